The van der Waals surface area contributed by atoms with Crippen LogP contribution in [0.3, 0.4) is 0 Å². The van der Waals surface area contributed by atoms with Gasteiger partial charge >= 0.3 is 12.1 Å². The highest BCUT2D eigenvalue weighted by molar-refractivity contribution is 14.1. The molecule has 0 saturated carbocycles. The molecule has 1 aromatic carbocycles. The molecule has 2 heterocycles. The summed E-state index contributed by atoms with van der Waals surface area (Å²) in [6, 6.07) is 8.91. The first-order valence-corrected chi connectivity index (χ1v) is 17.2. The fourth-order valence-electron chi connectivity index (χ4n) is 3.57. The molecule has 38 heavy (non-hydrogen) atoms. The third-order valence-electron chi connectivity index (χ3n) is 5.48. The number of benzene rings is 1. The summed E-state index contributed by atoms with van der Waals surface area (Å²) < 4.78 is 20.3. The first-order valence-electron chi connectivity index (χ1n) is 12.4. The fraction of sp³-hybridized carbons (Fsp3) is 0.444. The van der Waals surface area contributed by atoms with Crippen molar-refractivity contribution in [3.63, 3.8) is 0 Å². The molecule has 0 radical (unpaired) electrons. The lowest BCUT2D eigenvalue weighted by molar-refractivity contribution is -0.139. The van der Waals surface area contributed by atoms with Crippen molar-refractivity contribution in [3.05, 3.63) is 51.9 Å². The molecule has 0 aliphatic carbocycles. The molecule has 206 valence electrons. The second-order valence-corrected chi connectivity index (χ2v) is 18.1. The highest BCUT2D eigenvalue weighted by atomic mass is 127. The summed E-state index contributed by atoms with van der Waals surface area (Å²) in [6.45, 7) is 13.3. The number of aromatic nitrogens is 2. The third kappa shape index (κ3) is 8.98. The van der Waals surface area contributed by atoms with Gasteiger partial charge in [-0.25, -0.2) is 14.6 Å². The molecule has 2 aromatic heterocycles. The average Bonchev–Trinajstić information content (AvgIpc) is 3.12. The van der Waals surface area contributed by atoms with E-state index in [1.54, 1.807) is 51.2 Å². The maximum Gasteiger partial charge on any atom is 0.408 e. The summed E-state index contributed by atoms with van der Waals surface area (Å²) >= 11 is 2.27. The van der Waals surface area contributed by atoms with Crippen LogP contribution in [-0.2, 0) is 27.4 Å². The van der Waals surface area contributed by atoms with Gasteiger partial charge in [0.25, 0.3) is 0 Å². The number of halogens is 1. The number of pyridine rings is 1. The van der Waals surface area contributed by atoms with Gasteiger partial charge in [0.05, 0.1) is 5.39 Å². The number of amides is 1. The molecular formula is C27H36IN3O6Si. The number of rotatable bonds is 11. The minimum Gasteiger partial charge on any atom is -0.480 e. The molecule has 9 nitrogen and oxygen atoms in total. The van der Waals surface area contributed by atoms with Gasteiger partial charge in [0, 0.05) is 37.1 Å². The molecule has 0 aliphatic heterocycles. The Morgan fingerprint density at radius 3 is 2.45 bits per heavy atom. The number of carbonyl (C=O) groups is 2. The molecule has 2 N–H and O–H groups in total. The first-order chi connectivity index (χ1) is 17.7. The van der Waals surface area contributed by atoms with Crippen molar-refractivity contribution < 1.29 is 28.9 Å². The van der Waals surface area contributed by atoms with Crippen molar-refractivity contribution in [2.24, 2.45) is 0 Å². The number of hydrogen-bond donors (Lipinski definition) is 2. The van der Waals surface area contributed by atoms with Gasteiger partial charge < -0.3 is 29.2 Å². The minimum absolute atomic E-state index is 0.104. The Morgan fingerprint density at radius 2 is 1.84 bits per heavy atom. The van der Waals surface area contributed by atoms with Crippen molar-refractivity contribution in [1.29, 1.82) is 0 Å². The number of carboxylic acids is 1. The number of nitrogens with one attached hydrogen (secondary N) is 1. The zero-order valence-electron chi connectivity index (χ0n) is 22.7. The SMILES string of the molecule is CC(C)(C)OC(=O)NC(Cc1ccc(Oc2ccnc3c2c(I)cn3COCC[Si](C)(C)C)cc1)C(=O)O. The number of carbonyl (C=O) groups excluding carboxylic acids is 1. The van der Waals surface area contributed by atoms with Crippen LogP contribution in [0.2, 0.25) is 25.7 Å². The molecule has 0 bridgehead atoms. The molecule has 1 amide bonds. The molecule has 3 rings (SSSR count). The van der Waals surface area contributed by atoms with E-state index in [9.17, 15) is 14.7 Å². The molecular weight excluding hydrogens is 617 g/mol. The number of carboxylic acid groups (broad SMARTS) is 1. The number of aliphatic carboxylic acids is 1. The van der Waals surface area contributed by atoms with Crippen LogP contribution in [0, 0.1) is 3.57 Å². The Labute approximate surface area is 238 Å². The van der Waals surface area contributed by atoms with Crippen molar-refractivity contribution in [2.75, 3.05) is 6.61 Å². The Morgan fingerprint density at radius 1 is 1.16 bits per heavy atom. The Hall–Kier alpha value is -2.64. The summed E-state index contributed by atoms with van der Waals surface area (Å²) in [6.07, 6.45) is 3.05. The fourth-order valence-corrected chi connectivity index (χ4v) is 5.17. The maximum absolute atomic E-state index is 12.0. The van der Waals surface area contributed by atoms with Gasteiger partial charge in [0.1, 0.15) is 35.5 Å². The van der Waals surface area contributed by atoms with Crippen LogP contribution >= 0.6 is 22.6 Å². The van der Waals surface area contributed by atoms with Crippen molar-refractivity contribution >= 4 is 53.8 Å². The lowest BCUT2D eigenvalue weighted by Gasteiger charge is -2.22. The second kappa shape index (κ2) is 12.5. The number of ether oxygens (including phenoxy) is 3. The molecule has 0 saturated heterocycles. The third-order valence-corrected chi connectivity index (χ3v) is 8.00. The van der Waals surface area contributed by atoms with E-state index in [-0.39, 0.29) is 6.42 Å². The average molecular weight is 654 g/mol. The molecule has 1 atom stereocenters. The molecule has 11 heteroatoms. The van der Waals surface area contributed by atoms with E-state index in [4.69, 9.17) is 14.2 Å². The van der Waals surface area contributed by atoms with Crippen LogP contribution in [-0.4, -0.2) is 53.0 Å². The first kappa shape index (κ1) is 29.9. The monoisotopic (exact) mass is 653 g/mol. The van der Waals surface area contributed by atoms with E-state index in [0.717, 1.165) is 32.8 Å². The second-order valence-electron chi connectivity index (χ2n) is 11.3. The van der Waals surface area contributed by atoms with E-state index < -0.39 is 31.8 Å². The standard InChI is InChI=1S/C27H36IN3O6Si/c1-27(2,3)37-26(34)30-21(25(32)33)15-18-7-9-19(10-8-18)36-22-11-12-29-24-23(22)20(28)16-31(24)17-35-13-14-38(4,5)6/h7-12,16,21H,13-15,17H2,1-6H3,(H,30,34)(H,32,33). The van der Waals surface area contributed by atoms with Gasteiger partial charge in [-0.15, -0.1) is 0 Å². The largest absolute Gasteiger partial charge is 0.480 e. The van der Waals surface area contributed by atoms with E-state index in [1.807, 2.05) is 16.8 Å². The van der Waals surface area contributed by atoms with E-state index in [2.05, 4.69) is 52.5 Å². The molecule has 0 aliphatic rings. The molecule has 0 spiro atoms. The topological polar surface area (TPSA) is 112 Å². The predicted octanol–water partition coefficient (Wildman–Crippen LogP) is 6.27. The van der Waals surface area contributed by atoms with Crippen LogP contribution < -0.4 is 10.1 Å². The Balaban J connectivity index is 1.68. The number of hydrogen-bond acceptors (Lipinski definition) is 6. The van der Waals surface area contributed by atoms with E-state index in [1.165, 1.54) is 0 Å². The van der Waals surface area contributed by atoms with Crippen molar-refractivity contribution in [2.45, 2.75) is 71.3 Å². The summed E-state index contributed by atoms with van der Waals surface area (Å²) in [7, 11) is -1.16. The Kier molecular flexibility index (Phi) is 9.82. The molecule has 1 unspecified atom stereocenters. The number of alkyl carbamates (subject to hydrolysis) is 1. The smallest absolute Gasteiger partial charge is 0.408 e. The van der Waals surface area contributed by atoms with Gasteiger partial charge in [-0.2, -0.15) is 0 Å². The molecule has 0 fully saturated rings. The minimum atomic E-state index is -1.16. The van der Waals surface area contributed by atoms with Crippen LogP contribution in [0.25, 0.3) is 11.0 Å². The van der Waals surface area contributed by atoms with Gasteiger partial charge in [-0.3, -0.25) is 0 Å². The van der Waals surface area contributed by atoms with Crippen molar-refractivity contribution in [3.8, 4) is 11.5 Å². The van der Waals surface area contributed by atoms with Crippen molar-refractivity contribution in [1.82, 2.24) is 14.9 Å². The molecule has 3 aromatic rings. The quantitative estimate of drug-likeness (QED) is 0.143. The Bertz CT molecular complexity index is 1260. The maximum atomic E-state index is 12.0. The summed E-state index contributed by atoms with van der Waals surface area (Å²) in [5.41, 5.74) is 0.801. The number of nitrogens with zero attached hydrogens (tertiary/aromatic N) is 2. The predicted molar refractivity (Wildman–Crippen MR) is 158 cm³/mol. The van der Waals surface area contributed by atoms with Gasteiger partial charge in [-0.1, -0.05) is 31.8 Å². The van der Waals surface area contributed by atoms with Crippen LogP contribution in [0.15, 0.2) is 42.7 Å². The highest BCUT2D eigenvalue weighted by Crippen LogP contribution is 2.33. The summed E-state index contributed by atoms with van der Waals surface area (Å²) in [4.78, 5) is 28.3. The normalized spacial score (nSPS) is 12.8. The van der Waals surface area contributed by atoms with Gasteiger partial charge in [0.2, 0.25) is 0 Å². The van der Waals surface area contributed by atoms with E-state index in [0.29, 0.717) is 18.2 Å². The van der Waals surface area contributed by atoms with Crippen LogP contribution in [0.4, 0.5) is 4.79 Å². The van der Waals surface area contributed by atoms with E-state index >= 15 is 0 Å². The van der Waals surface area contributed by atoms with Crippen LogP contribution in [0.5, 0.6) is 11.5 Å². The zero-order chi connectivity index (χ0) is 28.1. The summed E-state index contributed by atoms with van der Waals surface area (Å²) in [5.74, 6) is 0.130. The number of fused-ring (bicyclic) bond motifs is 1. The lowest BCUT2D eigenvalue weighted by Crippen LogP contribution is -2.44. The van der Waals surface area contributed by atoms with Gasteiger partial charge in [-0.05, 0) is 73.2 Å². The zero-order valence-corrected chi connectivity index (χ0v) is 25.9. The van der Waals surface area contributed by atoms with Gasteiger partial charge in [0.15, 0.2) is 0 Å². The van der Waals surface area contributed by atoms with Crippen LogP contribution in [0.1, 0.15) is 26.3 Å². The lowest BCUT2D eigenvalue weighted by atomic mass is 10.1. The summed E-state index contributed by atoms with van der Waals surface area (Å²) in [5, 5.41) is 12.9. The highest BCUT2D eigenvalue weighted by Gasteiger charge is 2.24.